The van der Waals surface area contributed by atoms with E-state index in [1.54, 1.807) is 7.11 Å². The number of benzene rings is 2. The molecule has 0 amide bonds. The quantitative estimate of drug-likeness (QED) is 0.775. The Hall–Kier alpha value is -1.96. The van der Waals surface area contributed by atoms with Crippen LogP contribution >= 0.6 is 0 Å². The lowest BCUT2D eigenvalue weighted by molar-refractivity contribution is 0.415. The maximum absolute atomic E-state index is 10.9. The van der Waals surface area contributed by atoms with E-state index in [4.69, 9.17) is 4.74 Å². The van der Waals surface area contributed by atoms with E-state index in [0.29, 0.717) is 5.75 Å². The number of hydrogen-bond acceptors (Lipinski definition) is 2. The number of aromatic hydroxyl groups is 1. The van der Waals surface area contributed by atoms with Crippen molar-refractivity contribution >= 4 is 0 Å². The van der Waals surface area contributed by atoms with Gasteiger partial charge in [-0.05, 0) is 40.2 Å². The Balaban J connectivity index is 2.70. The molecule has 2 aromatic carbocycles. The topological polar surface area (TPSA) is 29.5 Å². The van der Waals surface area contributed by atoms with E-state index in [-0.39, 0.29) is 10.8 Å². The van der Waals surface area contributed by atoms with E-state index in [0.717, 1.165) is 22.4 Å². The van der Waals surface area contributed by atoms with Crippen LogP contribution in [0.5, 0.6) is 11.5 Å². The Kier molecular flexibility index (Phi) is 4.48. The van der Waals surface area contributed by atoms with Crippen molar-refractivity contribution in [2.75, 3.05) is 7.11 Å². The normalized spacial score (nSPS) is 12.3. The monoisotopic (exact) mass is 312 g/mol. The van der Waals surface area contributed by atoms with Gasteiger partial charge in [0.05, 0.1) is 7.11 Å². The average Bonchev–Trinajstić information content (AvgIpc) is 2.45. The SMILES string of the molecule is COc1ccc(-c2cc(C(C)(C)C)cc(C(C)(C)C)c2O)cc1. The first-order valence-electron chi connectivity index (χ1n) is 8.06. The standard InChI is InChI=1S/C21H28O2/c1-20(2,3)15-12-17(14-8-10-16(23-7)11-9-14)19(22)18(13-15)21(4,5)6/h8-13,22H,1-7H3. The van der Waals surface area contributed by atoms with Crippen LogP contribution in [-0.2, 0) is 10.8 Å². The minimum atomic E-state index is -0.118. The van der Waals surface area contributed by atoms with Crippen LogP contribution in [0.2, 0.25) is 0 Å². The third kappa shape index (κ3) is 3.69. The zero-order valence-electron chi connectivity index (χ0n) is 15.3. The van der Waals surface area contributed by atoms with Gasteiger partial charge in [-0.2, -0.15) is 0 Å². The van der Waals surface area contributed by atoms with E-state index in [1.807, 2.05) is 24.3 Å². The van der Waals surface area contributed by atoms with Gasteiger partial charge < -0.3 is 9.84 Å². The molecule has 0 aliphatic rings. The van der Waals surface area contributed by atoms with Crippen LogP contribution in [0.15, 0.2) is 36.4 Å². The highest BCUT2D eigenvalue weighted by atomic mass is 16.5. The lowest BCUT2D eigenvalue weighted by Gasteiger charge is -2.27. The summed E-state index contributed by atoms with van der Waals surface area (Å²) in [6, 6.07) is 12.1. The van der Waals surface area contributed by atoms with E-state index < -0.39 is 0 Å². The minimum absolute atomic E-state index is 0.0227. The minimum Gasteiger partial charge on any atom is -0.507 e. The van der Waals surface area contributed by atoms with Crippen molar-refractivity contribution in [3.63, 3.8) is 0 Å². The van der Waals surface area contributed by atoms with Gasteiger partial charge >= 0.3 is 0 Å². The van der Waals surface area contributed by atoms with Gasteiger partial charge in [-0.1, -0.05) is 59.7 Å². The number of phenolic OH excluding ortho intramolecular Hbond substituents is 1. The van der Waals surface area contributed by atoms with Crippen LogP contribution in [0.4, 0.5) is 0 Å². The second-order valence-corrected chi connectivity index (χ2v) is 8.15. The molecule has 0 aromatic heterocycles. The maximum atomic E-state index is 10.9. The molecule has 0 radical (unpaired) electrons. The van der Waals surface area contributed by atoms with Crippen molar-refractivity contribution < 1.29 is 9.84 Å². The Morgan fingerprint density at radius 2 is 1.39 bits per heavy atom. The van der Waals surface area contributed by atoms with Crippen molar-refractivity contribution in [3.05, 3.63) is 47.5 Å². The van der Waals surface area contributed by atoms with E-state index in [1.165, 1.54) is 5.56 Å². The van der Waals surface area contributed by atoms with Gasteiger partial charge in [-0.25, -0.2) is 0 Å². The van der Waals surface area contributed by atoms with Gasteiger partial charge in [0.2, 0.25) is 0 Å². The molecule has 2 rings (SSSR count). The molecule has 124 valence electrons. The fourth-order valence-electron chi connectivity index (χ4n) is 2.63. The molecule has 0 heterocycles. The summed E-state index contributed by atoms with van der Waals surface area (Å²) < 4.78 is 5.23. The summed E-state index contributed by atoms with van der Waals surface area (Å²) >= 11 is 0. The molecule has 0 bridgehead atoms. The second kappa shape index (κ2) is 5.92. The summed E-state index contributed by atoms with van der Waals surface area (Å²) in [5.41, 5.74) is 3.99. The van der Waals surface area contributed by atoms with Gasteiger partial charge in [0, 0.05) is 11.1 Å². The van der Waals surface area contributed by atoms with Crippen LogP contribution in [0.3, 0.4) is 0 Å². The highest BCUT2D eigenvalue weighted by Gasteiger charge is 2.25. The predicted molar refractivity (Wildman–Crippen MR) is 97.5 cm³/mol. The Bertz CT molecular complexity index is 684. The van der Waals surface area contributed by atoms with Crippen molar-refractivity contribution in [1.82, 2.24) is 0 Å². The molecule has 0 saturated heterocycles. The molecule has 2 heteroatoms. The number of ether oxygens (including phenoxy) is 1. The summed E-state index contributed by atoms with van der Waals surface area (Å²) in [6.07, 6.45) is 0. The van der Waals surface area contributed by atoms with Crippen LogP contribution in [0.1, 0.15) is 52.7 Å². The van der Waals surface area contributed by atoms with Crippen molar-refractivity contribution in [1.29, 1.82) is 0 Å². The third-order valence-electron chi connectivity index (χ3n) is 4.18. The van der Waals surface area contributed by atoms with E-state index in [9.17, 15) is 5.11 Å². The molecule has 0 fully saturated rings. The van der Waals surface area contributed by atoms with Crippen molar-refractivity contribution in [2.24, 2.45) is 0 Å². The van der Waals surface area contributed by atoms with Crippen LogP contribution in [0.25, 0.3) is 11.1 Å². The number of phenols is 1. The molecular weight excluding hydrogens is 284 g/mol. The van der Waals surface area contributed by atoms with Gasteiger partial charge in [0.15, 0.2) is 0 Å². The van der Waals surface area contributed by atoms with Gasteiger partial charge in [-0.15, -0.1) is 0 Å². The molecule has 0 spiro atoms. The molecule has 0 atom stereocenters. The first kappa shape index (κ1) is 17.4. The van der Waals surface area contributed by atoms with E-state index >= 15 is 0 Å². The smallest absolute Gasteiger partial charge is 0.127 e. The highest BCUT2D eigenvalue weighted by molar-refractivity contribution is 5.74. The van der Waals surface area contributed by atoms with Crippen LogP contribution < -0.4 is 4.74 Å². The van der Waals surface area contributed by atoms with E-state index in [2.05, 4.69) is 53.7 Å². The van der Waals surface area contributed by atoms with Crippen molar-refractivity contribution in [2.45, 2.75) is 52.4 Å². The predicted octanol–water partition coefficient (Wildman–Crippen LogP) is 5.66. The molecule has 2 aromatic rings. The molecule has 2 nitrogen and oxygen atoms in total. The molecule has 1 N–H and O–H groups in total. The van der Waals surface area contributed by atoms with Gasteiger partial charge in [-0.3, -0.25) is 0 Å². The molecule has 0 saturated carbocycles. The van der Waals surface area contributed by atoms with Crippen LogP contribution in [0, 0.1) is 0 Å². The summed E-state index contributed by atoms with van der Waals surface area (Å²) in [7, 11) is 1.66. The first-order chi connectivity index (χ1) is 10.5. The fourth-order valence-corrected chi connectivity index (χ4v) is 2.63. The molecule has 23 heavy (non-hydrogen) atoms. The van der Waals surface area contributed by atoms with Crippen molar-refractivity contribution in [3.8, 4) is 22.6 Å². The molecular formula is C21H28O2. The maximum Gasteiger partial charge on any atom is 0.127 e. The Morgan fingerprint density at radius 1 is 0.826 bits per heavy atom. The zero-order valence-corrected chi connectivity index (χ0v) is 15.3. The summed E-state index contributed by atoms with van der Waals surface area (Å²) in [6.45, 7) is 13.0. The Morgan fingerprint density at radius 3 is 1.83 bits per heavy atom. The fraction of sp³-hybridized carbons (Fsp3) is 0.429. The molecule has 0 aliphatic carbocycles. The number of methoxy groups -OCH3 is 1. The zero-order chi connectivity index (χ0) is 17.4. The number of hydrogen-bond donors (Lipinski definition) is 1. The second-order valence-electron chi connectivity index (χ2n) is 8.15. The summed E-state index contributed by atoms with van der Waals surface area (Å²) in [5, 5.41) is 10.9. The molecule has 0 unspecified atom stereocenters. The van der Waals surface area contributed by atoms with Gasteiger partial charge in [0.1, 0.15) is 11.5 Å². The first-order valence-corrected chi connectivity index (χ1v) is 8.06. The lowest BCUT2D eigenvalue weighted by atomic mass is 9.78. The van der Waals surface area contributed by atoms with Crippen LogP contribution in [-0.4, -0.2) is 12.2 Å². The number of rotatable bonds is 2. The third-order valence-corrected chi connectivity index (χ3v) is 4.18. The average molecular weight is 312 g/mol. The van der Waals surface area contributed by atoms with Gasteiger partial charge in [0.25, 0.3) is 0 Å². The summed E-state index contributed by atoms with van der Waals surface area (Å²) in [5.74, 6) is 1.19. The highest BCUT2D eigenvalue weighted by Crippen LogP contribution is 2.42. The Labute approximate surface area is 140 Å². The molecule has 0 aliphatic heterocycles. The summed E-state index contributed by atoms with van der Waals surface area (Å²) in [4.78, 5) is 0. The largest absolute Gasteiger partial charge is 0.507 e. The lowest BCUT2D eigenvalue weighted by Crippen LogP contribution is -2.17.